The number of primary amides is 1. The monoisotopic (exact) mass is 395 g/mol. The van der Waals surface area contributed by atoms with E-state index < -0.39 is 5.91 Å². The van der Waals surface area contributed by atoms with Crippen LogP contribution in [-0.2, 0) is 11.3 Å². The highest BCUT2D eigenvalue weighted by atomic mass is 32.2. The number of carbonyl (C=O) groups is 1. The third kappa shape index (κ3) is 3.55. The third-order valence-electron chi connectivity index (χ3n) is 4.67. The van der Waals surface area contributed by atoms with Gasteiger partial charge in [0.15, 0.2) is 11.6 Å². The molecule has 0 saturated carbocycles. The molecule has 2 unspecified atom stereocenters. The molecule has 1 aromatic carbocycles. The fourth-order valence-corrected chi connectivity index (χ4v) is 4.55. The van der Waals surface area contributed by atoms with E-state index >= 15 is 0 Å². The summed E-state index contributed by atoms with van der Waals surface area (Å²) in [6.45, 7) is 2.23. The Morgan fingerprint density at radius 2 is 2.21 bits per heavy atom. The van der Waals surface area contributed by atoms with Gasteiger partial charge in [-0.05, 0) is 30.0 Å². The van der Waals surface area contributed by atoms with Gasteiger partial charge in [0.05, 0.1) is 0 Å². The summed E-state index contributed by atoms with van der Waals surface area (Å²) in [5.74, 6) is 0.371. The van der Waals surface area contributed by atoms with E-state index in [4.69, 9.17) is 5.73 Å². The van der Waals surface area contributed by atoms with Gasteiger partial charge >= 0.3 is 0 Å². The quantitative estimate of drug-likeness (QED) is 0.808. The Kier molecular flexibility index (Phi) is 4.95. The van der Waals surface area contributed by atoms with Crippen molar-refractivity contribution in [2.24, 2.45) is 11.7 Å². The molecule has 6 nitrogen and oxygen atoms in total. The minimum atomic E-state index is -0.415. The highest BCUT2D eigenvalue weighted by Gasteiger charge is 2.36. The molecule has 2 aliphatic rings. The van der Waals surface area contributed by atoms with Crippen molar-refractivity contribution in [1.82, 2.24) is 15.2 Å². The maximum atomic E-state index is 13.4. The van der Waals surface area contributed by atoms with Gasteiger partial charge in [-0.15, -0.1) is 22.0 Å². The van der Waals surface area contributed by atoms with Gasteiger partial charge in [-0.2, -0.15) is 0 Å². The van der Waals surface area contributed by atoms with E-state index in [0.29, 0.717) is 29.5 Å². The number of anilines is 1. The van der Waals surface area contributed by atoms with Crippen LogP contribution >= 0.6 is 11.8 Å². The van der Waals surface area contributed by atoms with Crippen LogP contribution in [0, 0.1) is 18.7 Å². The predicted octanol–water partition coefficient (Wildman–Crippen LogP) is 2.99. The van der Waals surface area contributed by atoms with E-state index in [-0.39, 0.29) is 17.0 Å². The number of nitrogens with two attached hydrogens (primary N) is 1. The molecule has 2 atom stereocenters. The summed E-state index contributed by atoms with van der Waals surface area (Å²) in [5.41, 5.74) is 8.45. The van der Waals surface area contributed by atoms with Crippen molar-refractivity contribution in [3.05, 3.63) is 76.4 Å². The Labute approximate surface area is 165 Å². The lowest BCUT2D eigenvalue weighted by molar-refractivity contribution is -0.114. The molecule has 2 aromatic rings. The first-order valence-corrected chi connectivity index (χ1v) is 9.71. The minimum absolute atomic E-state index is 0.0296. The molecule has 0 saturated heterocycles. The minimum Gasteiger partial charge on any atom is -0.366 e. The molecule has 142 valence electrons. The molecule has 1 aromatic heterocycles. The number of halogens is 1. The van der Waals surface area contributed by atoms with Gasteiger partial charge < -0.3 is 11.1 Å². The fourth-order valence-electron chi connectivity index (χ4n) is 3.24. The Bertz CT molecular complexity index is 1030. The molecule has 0 radical (unpaired) electrons. The van der Waals surface area contributed by atoms with Crippen LogP contribution in [0.1, 0.15) is 17.1 Å². The molecule has 8 heteroatoms. The summed E-state index contributed by atoms with van der Waals surface area (Å²) in [6, 6.07) is 6.39. The maximum Gasteiger partial charge on any atom is 0.245 e. The number of nitrogens with zero attached hydrogens (tertiary/aromatic N) is 3. The van der Waals surface area contributed by atoms with Crippen molar-refractivity contribution in [1.29, 1.82) is 0 Å². The topological polar surface area (TPSA) is 93.8 Å². The second-order valence-corrected chi connectivity index (χ2v) is 7.60. The van der Waals surface area contributed by atoms with Crippen LogP contribution in [0.2, 0.25) is 0 Å². The standard InChI is InChI=1S/C20H18FN5OS/c1-11-19(23-9-12-4-2-5-13(21)8-12)24-20(26-25-11)16-10-28-17-14(16)6-3-7-15(17)18(22)27/h2-8,10,14,17H,9H2,1H3,(H2,22,27)(H,23,24,26). The number of rotatable bonds is 5. The van der Waals surface area contributed by atoms with Crippen molar-refractivity contribution in [2.45, 2.75) is 18.7 Å². The Morgan fingerprint density at radius 3 is 3.00 bits per heavy atom. The summed E-state index contributed by atoms with van der Waals surface area (Å²) in [7, 11) is 0. The molecule has 0 fully saturated rings. The van der Waals surface area contributed by atoms with Crippen LogP contribution in [0.15, 0.2) is 53.5 Å². The summed E-state index contributed by atoms with van der Waals surface area (Å²) in [5, 5.41) is 13.6. The van der Waals surface area contributed by atoms with Crippen molar-refractivity contribution in [2.75, 3.05) is 5.32 Å². The highest BCUT2D eigenvalue weighted by molar-refractivity contribution is 8.03. The van der Waals surface area contributed by atoms with E-state index in [2.05, 4.69) is 20.5 Å². The number of hydrogen-bond donors (Lipinski definition) is 2. The first-order valence-electron chi connectivity index (χ1n) is 8.76. The van der Waals surface area contributed by atoms with Crippen LogP contribution in [0.4, 0.5) is 10.2 Å². The number of nitrogens with one attached hydrogen (secondary N) is 1. The second-order valence-electron chi connectivity index (χ2n) is 6.58. The van der Waals surface area contributed by atoms with E-state index in [9.17, 15) is 9.18 Å². The predicted molar refractivity (Wildman–Crippen MR) is 108 cm³/mol. The zero-order valence-corrected chi connectivity index (χ0v) is 15.9. The number of benzene rings is 1. The molecule has 28 heavy (non-hydrogen) atoms. The largest absolute Gasteiger partial charge is 0.366 e. The van der Waals surface area contributed by atoms with Gasteiger partial charge in [0.25, 0.3) is 0 Å². The first kappa shape index (κ1) is 18.4. The summed E-state index contributed by atoms with van der Waals surface area (Å²) >= 11 is 1.54. The molecular formula is C20H18FN5OS. The molecule has 3 N–H and O–H groups in total. The van der Waals surface area contributed by atoms with Gasteiger partial charge in [-0.25, -0.2) is 9.37 Å². The van der Waals surface area contributed by atoms with Gasteiger partial charge in [0.1, 0.15) is 11.5 Å². The van der Waals surface area contributed by atoms with E-state index in [1.165, 1.54) is 23.9 Å². The van der Waals surface area contributed by atoms with Gasteiger partial charge in [0, 0.05) is 28.9 Å². The molecule has 1 amide bonds. The summed E-state index contributed by atoms with van der Waals surface area (Å²) in [6.07, 6.45) is 5.62. The average Bonchev–Trinajstić information content (AvgIpc) is 3.11. The molecule has 0 spiro atoms. The van der Waals surface area contributed by atoms with Crippen molar-refractivity contribution >= 4 is 29.1 Å². The Hall–Kier alpha value is -3.00. The average molecular weight is 395 g/mol. The smallest absolute Gasteiger partial charge is 0.245 e. The van der Waals surface area contributed by atoms with E-state index in [1.54, 1.807) is 12.1 Å². The highest BCUT2D eigenvalue weighted by Crippen LogP contribution is 2.45. The molecule has 1 aliphatic carbocycles. The van der Waals surface area contributed by atoms with Crippen molar-refractivity contribution < 1.29 is 9.18 Å². The molecule has 2 heterocycles. The van der Waals surface area contributed by atoms with Gasteiger partial charge in [0.2, 0.25) is 5.91 Å². The lowest BCUT2D eigenvalue weighted by Gasteiger charge is -2.22. The third-order valence-corrected chi connectivity index (χ3v) is 5.90. The second kappa shape index (κ2) is 7.55. The summed E-state index contributed by atoms with van der Waals surface area (Å²) in [4.78, 5) is 16.3. The number of amides is 1. The van der Waals surface area contributed by atoms with Crippen LogP contribution in [0.3, 0.4) is 0 Å². The van der Waals surface area contributed by atoms with Gasteiger partial charge in [-0.3, -0.25) is 4.79 Å². The number of aromatic nitrogens is 3. The molecule has 0 bridgehead atoms. The van der Waals surface area contributed by atoms with Crippen LogP contribution in [0.5, 0.6) is 0 Å². The lowest BCUT2D eigenvalue weighted by Crippen LogP contribution is -2.27. The van der Waals surface area contributed by atoms with Gasteiger partial charge in [-0.1, -0.05) is 30.4 Å². The van der Waals surface area contributed by atoms with Crippen LogP contribution in [0.25, 0.3) is 5.57 Å². The zero-order chi connectivity index (χ0) is 19.7. The number of allylic oxidation sites excluding steroid dienone is 4. The molecule has 1 aliphatic heterocycles. The van der Waals surface area contributed by atoms with E-state index in [0.717, 1.165) is 11.1 Å². The number of carbonyl (C=O) groups excluding carboxylic acids is 1. The summed E-state index contributed by atoms with van der Waals surface area (Å²) < 4.78 is 13.4. The molecular weight excluding hydrogens is 377 g/mol. The van der Waals surface area contributed by atoms with Crippen molar-refractivity contribution in [3.63, 3.8) is 0 Å². The molecule has 4 rings (SSSR count). The number of hydrogen-bond acceptors (Lipinski definition) is 6. The maximum absolute atomic E-state index is 13.4. The number of thioether (sulfide) groups is 1. The fraction of sp³-hybridized carbons (Fsp3) is 0.200. The zero-order valence-electron chi connectivity index (χ0n) is 15.1. The normalized spacial score (nSPS) is 20.4. The number of fused-ring (bicyclic) bond motifs is 1. The number of aryl methyl sites for hydroxylation is 1. The van der Waals surface area contributed by atoms with Crippen LogP contribution < -0.4 is 11.1 Å². The van der Waals surface area contributed by atoms with Crippen molar-refractivity contribution in [3.8, 4) is 0 Å². The lowest BCUT2D eigenvalue weighted by atomic mass is 9.87. The van der Waals surface area contributed by atoms with Crippen LogP contribution in [-0.4, -0.2) is 26.3 Å². The Morgan fingerprint density at radius 1 is 1.36 bits per heavy atom. The van der Waals surface area contributed by atoms with E-state index in [1.807, 2.05) is 30.6 Å². The Balaban J connectivity index is 1.55. The first-order chi connectivity index (χ1) is 13.5. The SMILES string of the molecule is Cc1nnc(C2=CSC3C(C(N)=O)=CC=CC23)nc1NCc1cccc(F)c1.